The molecule has 4 atom stereocenters. The third kappa shape index (κ3) is 7.20. The summed E-state index contributed by atoms with van der Waals surface area (Å²) in [6.45, 7) is 6.09. The molecule has 0 aromatic heterocycles. The third-order valence-electron chi connectivity index (χ3n) is 3.17. The van der Waals surface area contributed by atoms with E-state index in [1.165, 1.54) is 0 Å². The molecule has 0 saturated carbocycles. The van der Waals surface area contributed by atoms with E-state index in [1.54, 1.807) is 7.05 Å². The molecule has 0 rings (SSSR count). The van der Waals surface area contributed by atoms with Gasteiger partial charge in [0.2, 0.25) is 0 Å². The lowest BCUT2D eigenvalue weighted by atomic mass is 9.91. The van der Waals surface area contributed by atoms with Crippen molar-refractivity contribution in [2.45, 2.75) is 63.6 Å². The van der Waals surface area contributed by atoms with Crippen molar-refractivity contribution < 1.29 is 25.2 Å². The minimum Gasteiger partial charge on any atom is -0.390 e. The second-order valence-corrected chi connectivity index (χ2v) is 5.53. The van der Waals surface area contributed by atoms with Gasteiger partial charge in [-0.25, -0.2) is 0 Å². The lowest BCUT2D eigenvalue weighted by molar-refractivity contribution is -0.125. The van der Waals surface area contributed by atoms with Gasteiger partial charge in [0, 0.05) is 12.1 Å². The molecule has 6 heteroatoms. The molecule has 0 aromatic rings. The fraction of sp³-hybridized carbons (Fsp3) is 1.00. The number of hydrogen-bond donors (Lipinski definition) is 5. The number of aliphatic hydroxyl groups excluding tert-OH is 4. The third-order valence-corrected chi connectivity index (χ3v) is 3.17. The van der Waals surface area contributed by atoms with Crippen LogP contribution in [0, 0.1) is 0 Å². The van der Waals surface area contributed by atoms with Crippen molar-refractivity contribution in [3.8, 4) is 0 Å². The summed E-state index contributed by atoms with van der Waals surface area (Å²) < 4.78 is 5.10. The maximum Gasteiger partial charge on any atom is 0.110 e. The molecule has 0 aliphatic carbocycles. The average Bonchev–Trinajstić information content (AvgIpc) is 2.36. The van der Waals surface area contributed by atoms with Gasteiger partial charge in [0.25, 0.3) is 0 Å². The molecule has 0 radical (unpaired) electrons. The molecule has 0 fully saturated rings. The van der Waals surface area contributed by atoms with Gasteiger partial charge in [-0.2, -0.15) is 0 Å². The first-order valence-electron chi connectivity index (χ1n) is 6.74. The van der Waals surface area contributed by atoms with Crippen LogP contribution < -0.4 is 5.32 Å². The van der Waals surface area contributed by atoms with Gasteiger partial charge in [0.05, 0.1) is 12.7 Å². The Morgan fingerprint density at radius 1 is 1.05 bits per heavy atom. The molecule has 5 N–H and O–H groups in total. The fourth-order valence-electron chi connectivity index (χ4n) is 1.65. The number of rotatable bonds is 10. The highest BCUT2D eigenvalue weighted by atomic mass is 16.5. The highest BCUT2D eigenvalue weighted by Crippen LogP contribution is 2.16. The first-order chi connectivity index (χ1) is 8.75. The van der Waals surface area contributed by atoms with E-state index in [0.29, 0.717) is 6.61 Å². The molecule has 4 unspecified atom stereocenters. The molecule has 19 heavy (non-hydrogen) atoms. The minimum absolute atomic E-state index is 0.0613. The van der Waals surface area contributed by atoms with E-state index < -0.39 is 24.4 Å². The molecule has 0 aliphatic rings. The highest BCUT2D eigenvalue weighted by molar-refractivity contribution is 4.87. The van der Waals surface area contributed by atoms with Crippen molar-refractivity contribution >= 4 is 0 Å². The van der Waals surface area contributed by atoms with E-state index in [4.69, 9.17) is 4.74 Å². The van der Waals surface area contributed by atoms with Crippen LogP contribution in [0.1, 0.15) is 33.6 Å². The van der Waals surface area contributed by atoms with Gasteiger partial charge in [-0.3, -0.25) is 0 Å². The van der Waals surface area contributed by atoms with Gasteiger partial charge in [0.15, 0.2) is 0 Å². The summed E-state index contributed by atoms with van der Waals surface area (Å²) in [5, 5.41) is 42.1. The Morgan fingerprint density at radius 2 is 1.58 bits per heavy atom. The Balaban J connectivity index is 4.26. The van der Waals surface area contributed by atoms with Crippen LogP contribution in [-0.4, -0.2) is 70.6 Å². The monoisotopic (exact) mass is 279 g/mol. The van der Waals surface area contributed by atoms with Crippen LogP contribution in [0.15, 0.2) is 0 Å². The second-order valence-electron chi connectivity index (χ2n) is 5.53. The summed E-state index contributed by atoms with van der Waals surface area (Å²) >= 11 is 0. The molecule has 0 spiro atoms. The first kappa shape index (κ1) is 18.8. The Labute approximate surface area is 115 Å². The minimum atomic E-state index is -1.43. The lowest BCUT2D eigenvalue weighted by Crippen LogP contribution is -2.50. The van der Waals surface area contributed by atoms with E-state index in [2.05, 4.69) is 5.32 Å². The smallest absolute Gasteiger partial charge is 0.110 e. The van der Waals surface area contributed by atoms with Gasteiger partial charge in [-0.15, -0.1) is 0 Å². The Bertz CT molecular complexity index is 237. The van der Waals surface area contributed by atoms with E-state index in [9.17, 15) is 20.4 Å². The topological polar surface area (TPSA) is 102 Å². The van der Waals surface area contributed by atoms with Crippen molar-refractivity contribution in [2.24, 2.45) is 0 Å². The summed E-state index contributed by atoms with van der Waals surface area (Å²) in [5.41, 5.74) is -0.371. The van der Waals surface area contributed by atoms with Crippen LogP contribution >= 0.6 is 0 Å². The molecular weight excluding hydrogens is 250 g/mol. The average molecular weight is 279 g/mol. The maximum absolute atomic E-state index is 9.87. The van der Waals surface area contributed by atoms with Crippen LogP contribution in [0.4, 0.5) is 0 Å². The van der Waals surface area contributed by atoms with Crippen molar-refractivity contribution in [3.05, 3.63) is 0 Å². The highest BCUT2D eigenvalue weighted by Gasteiger charge is 2.33. The zero-order valence-corrected chi connectivity index (χ0v) is 12.3. The van der Waals surface area contributed by atoms with E-state index >= 15 is 0 Å². The normalized spacial score (nSPS) is 18.9. The fourth-order valence-corrected chi connectivity index (χ4v) is 1.65. The van der Waals surface area contributed by atoms with Crippen molar-refractivity contribution in [1.29, 1.82) is 0 Å². The summed E-state index contributed by atoms with van der Waals surface area (Å²) in [5.74, 6) is 0. The molecule has 0 saturated heterocycles. The Hall–Kier alpha value is -0.240. The van der Waals surface area contributed by atoms with Crippen molar-refractivity contribution in [2.75, 3.05) is 20.3 Å². The molecular formula is C13H29NO5. The van der Waals surface area contributed by atoms with E-state index in [1.807, 2.05) is 20.8 Å². The molecule has 0 aromatic carbocycles. The van der Waals surface area contributed by atoms with E-state index in [0.717, 1.165) is 6.42 Å². The lowest BCUT2D eigenvalue weighted by Gasteiger charge is -2.32. The van der Waals surface area contributed by atoms with Crippen molar-refractivity contribution in [3.63, 3.8) is 0 Å². The zero-order chi connectivity index (χ0) is 15.1. The van der Waals surface area contributed by atoms with Crippen molar-refractivity contribution in [1.82, 2.24) is 5.32 Å². The molecule has 0 heterocycles. The van der Waals surface area contributed by atoms with Gasteiger partial charge in [-0.05, 0) is 33.7 Å². The quantitative estimate of drug-likeness (QED) is 0.337. The summed E-state index contributed by atoms with van der Waals surface area (Å²) in [7, 11) is 1.75. The number of nitrogens with one attached hydrogen (secondary N) is 1. The summed E-state index contributed by atoms with van der Waals surface area (Å²) in [6.07, 6.45) is -4.12. The number of ether oxygens (including phenoxy) is 1. The summed E-state index contributed by atoms with van der Waals surface area (Å²) in [4.78, 5) is 0. The molecule has 116 valence electrons. The van der Waals surface area contributed by atoms with Gasteiger partial charge >= 0.3 is 0 Å². The number of hydrogen-bond acceptors (Lipinski definition) is 6. The molecule has 6 nitrogen and oxygen atoms in total. The zero-order valence-electron chi connectivity index (χ0n) is 12.3. The van der Waals surface area contributed by atoms with Gasteiger partial charge in [-0.1, -0.05) is 6.92 Å². The van der Waals surface area contributed by atoms with Crippen LogP contribution in [0.5, 0.6) is 0 Å². The predicted molar refractivity (Wildman–Crippen MR) is 72.9 cm³/mol. The van der Waals surface area contributed by atoms with Gasteiger partial charge in [0.1, 0.15) is 18.3 Å². The Morgan fingerprint density at radius 3 is 2.05 bits per heavy atom. The largest absolute Gasteiger partial charge is 0.390 e. The SMILES string of the molecule is CCCOCC(O)C(O)C(O)C(O)CC(C)(C)NC. The van der Waals surface area contributed by atoms with Gasteiger partial charge < -0.3 is 30.5 Å². The number of aliphatic hydroxyl groups is 4. The van der Waals surface area contributed by atoms with Crippen LogP contribution in [0.2, 0.25) is 0 Å². The second kappa shape index (κ2) is 8.84. The first-order valence-corrected chi connectivity index (χ1v) is 6.74. The molecule has 0 amide bonds. The van der Waals surface area contributed by atoms with Crippen LogP contribution in [-0.2, 0) is 4.74 Å². The van der Waals surface area contributed by atoms with Crippen LogP contribution in [0.3, 0.4) is 0 Å². The predicted octanol–water partition coefficient (Wildman–Crippen LogP) is -0.755. The summed E-state index contributed by atoms with van der Waals surface area (Å²) in [6, 6.07) is 0. The standard InChI is InChI=1S/C13H29NO5/c1-5-6-19-8-10(16)12(18)11(17)9(15)7-13(2,3)14-4/h9-12,14-18H,5-8H2,1-4H3. The molecule has 0 bridgehead atoms. The van der Waals surface area contributed by atoms with E-state index in [-0.39, 0.29) is 18.6 Å². The Kier molecular flexibility index (Phi) is 8.73. The maximum atomic E-state index is 9.87. The molecule has 0 aliphatic heterocycles. The van der Waals surface area contributed by atoms with Crippen LogP contribution in [0.25, 0.3) is 0 Å².